The molecule has 0 heterocycles. The Kier molecular flexibility index (Phi) is 9.70. The van der Waals surface area contributed by atoms with Crippen molar-refractivity contribution >= 4 is 11.7 Å². The van der Waals surface area contributed by atoms with E-state index in [0.717, 1.165) is 0 Å². The van der Waals surface area contributed by atoms with E-state index in [-0.39, 0.29) is 5.78 Å². The topological polar surface area (TPSA) is 82.9 Å². The zero-order valence-corrected chi connectivity index (χ0v) is 6.87. The lowest BCUT2D eigenvalue weighted by Crippen LogP contribution is -1.80. The second-order valence-electron chi connectivity index (χ2n) is 1.76. The van der Waals surface area contributed by atoms with Gasteiger partial charge in [-0.1, -0.05) is 6.92 Å². The molecular weight excluding hydrogens is 146 g/mol. The van der Waals surface area contributed by atoms with Crippen LogP contribution in [-0.2, 0) is 9.59 Å². The molecule has 0 rings (SSSR count). The summed E-state index contributed by atoms with van der Waals surface area (Å²) in [6.45, 7) is 4.63. The molecule has 5 nitrogen and oxygen atoms in total. The molecule has 0 N–H and O–H groups in total. The van der Waals surface area contributed by atoms with E-state index in [4.69, 9.17) is 5.53 Å². The molecule has 0 saturated carbocycles. The van der Waals surface area contributed by atoms with Crippen LogP contribution in [0.1, 0.15) is 27.2 Å². The number of azide groups is 1. The van der Waals surface area contributed by atoms with Crippen LogP contribution in [0, 0.1) is 0 Å². The van der Waals surface area contributed by atoms with Gasteiger partial charge in [-0.25, -0.2) is 0 Å². The van der Waals surface area contributed by atoms with Gasteiger partial charge < -0.3 is 4.79 Å². The number of rotatable bonds is 1. The van der Waals surface area contributed by atoms with Gasteiger partial charge in [0.05, 0.1) is 0 Å². The first-order valence-corrected chi connectivity index (χ1v) is 3.09. The molecular formula is C6H11N3O2. The fourth-order valence-electron chi connectivity index (χ4n) is 0.0630. The molecule has 0 bridgehead atoms. The third-order valence-corrected chi connectivity index (χ3v) is 0.683. The minimum Gasteiger partial charge on any atom is -0.300 e. The van der Waals surface area contributed by atoms with Gasteiger partial charge in [0.2, 0.25) is 5.91 Å². The van der Waals surface area contributed by atoms with Gasteiger partial charge in [0, 0.05) is 18.3 Å². The zero-order valence-electron chi connectivity index (χ0n) is 6.87. The molecule has 11 heavy (non-hydrogen) atoms. The van der Waals surface area contributed by atoms with Crippen molar-refractivity contribution in [3.05, 3.63) is 10.4 Å². The van der Waals surface area contributed by atoms with Gasteiger partial charge >= 0.3 is 0 Å². The Hall–Kier alpha value is -1.35. The van der Waals surface area contributed by atoms with E-state index >= 15 is 0 Å². The monoisotopic (exact) mass is 157 g/mol. The number of Topliss-reactive ketones (excluding diaryl/α,β-unsaturated/α-hetero) is 1. The summed E-state index contributed by atoms with van der Waals surface area (Å²) in [7, 11) is 0. The molecule has 0 unspecified atom stereocenters. The van der Waals surface area contributed by atoms with E-state index in [1.165, 1.54) is 6.92 Å². The number of nitrogens with zero attached hydrogens (tertiary/aromatic N) is 3. The number of carbonyl (C=O) groups excluding carboxylic acids is 2. The Morgan fingerprint density at radius 1 is 1.45 bits per heavy atom. The van der Waals surface area contributed by atoms with E-state index in [1.54, 1.807) is 6.92 Å². The highest BCUT2D eigenvalue weighted by Gasteiger charge is 1.77. The number of hydrogen-bond acceptors (Lipinski definition) is 2. The lowest BCUT2D eigenvalue weighted by molar-refractivity contribution is -0.117. The van der Waals surface area contributed by atoms with Crippen LogP contribution in [0.25, 0.3) is 10.4 Å². The van der Waals surface area contributed by atoms with Crippen molar-refractivity contribution in [1.82, 2.24) is 0 Å². The second kappa shape index (κ2) is 8.65. The van der Waals surface area contributed by atoms with E-state index in [0.29, 0.717) is 6.42 Å². The molecule has 0 spiro atoms. The molecule has 62 valence electrons. The summed E-state index contributed by atoms with van der Waals surface area (Å²) in [6, 6.07) is 0. The molecule has 0 fully saturated rings. The molecule has 0 saturated heterocycles. The van der Waals surface area contributed by atoms with Gasteiger partial charge in [0.15, 0.2) is 0 Å². The van der Waals surface area contributed by atoms with Crippen molar-refractivity contribution in [3.63, 3.8) is 0 Å². The smallest absolute Gasteiger partial charge is 0.215 e. The molecule has 0 aromatic carbocycles. The normalized spacial score (nSPS) is 6.82. The van der Waals surface area contributed by atoms with Crippen LogP contribution >= 0.6 is 0 Å². The Labute approximate surface area is 65.0 Å². The third kappa shape index (κ3) is 28.7. The molecule has 0 aromatic heterocycles. The van der Waals surface area contributed by atoms with Crippen LogP contribution in [0.2, 0.25) is 0 Å². The Morgan fingerprint density at radius 3 is 1.82 bits per heavy atom. The van der Waals surface area contributed by atoms with Crippen LogP contribution in [-0.4, -0.2) is 11.7 Å². The highest BCUT2D eigenvalue weighted by Crippen LogP contribution is 1.71. The molecule has 0 aliphatic rings. The average molecular weight is 157 g/mol. The van der Waals surface area contributed by atoms with Crippen molar-refractivity contribution in [2.75, 3.05) is 0 Å². The lowest BCUT2D eigenvalue weighted by Gasteiger charge is -1.71. The average Bonchev–Trinajstić information content (AvgIpc) is 1.89. The molecule has 0 atom stereocenters. The first-order chi connectivity index (χ1) is 5.04. The summed E-state index contributed by atoms with van der Waals surface area (Å²) >= 11 is 0. The molecule has 0 radical (unpaired) electrons. The van der Waals surface area contributed by atoms with Gasteiger partial charge in [-0.2, -0.15) is 0 Å². The van der Waals surface area contributed by atoms with E-state index in [2.05, 4.69) is 10.0 Å². The fraction of sp³-hybridized carbons (Fsp3) is 0.667. The van der Waals surface area contributed by atoms with Crippen LogP contribution in [0.5, 0.6) is 0 Å². The maximum Gasteiger partial charge on any atom is 0.215 e. The number of ketones is 1. The number of amides is 1. The summed E-state index contributed by atoms with van der Waals surface area (Å²) < 4.78 is 0. The highest BCUT2D eigenvalue weighted by atomic mass is 16.1. The standard InChI is InChI=1S/C4H8O.C2H3N3O/c1-3-4(2)5;1-2(6)4-5-3/h3H2,1-2H3;1H3. The van der Waals surface area contributed by atoms with Crippen LogP contribution in [0.3, 0.4) is 0 Å². The first-order valence-electron chi connectivity index (χ1n) is 3.09. The summed E-state index contributed by atoms with van der Waals surface area (Å²) in [5.74, 6) is -0.248. The van der Waals surface area contributed by atoms with E-state index in [9.17, 15) is 9.59 Å². The minimum atomic E-state index is -0.502. The summed E-state index contributed by atoms with van der Waals surface area (Å²) in [4.78, 5) is 21.6. The maximum absolute atomic E-state index is 9.81. The molecule has 0 aliphatic carbocycles. The largest absolute Gasteiger partial charge is 0.300 e. The Morgan fingerprint density at radius 2 is 1.82 bits per heavy atom. The molecule has 5 heteroatoms. The fourth-order valence-corrected chi connectivity index (χ4v) is 0.0630. The summed E-state index contributed by atoms with van der Waals surface area (Å²) in [5, 5.41) is 2.67. The van der Waals surface area contributed by atoms with E-state index < -0.39 is 5.91 Å². The predicted octanol–water partition coefficient (Wildman–Crippen LogP) is 1.83. The molecule has 1 amide bonds. The van der Waals surface area contributed by atoms with Gasteiger partial charge in [0.1, 0.15) is 5.78 Å². The van der Waals surface area contributed by atoms with Crippen LogP contribution in [0.15, 0.2) is 5.11 Å². The predicted molar refractivity (Wildman–Crippen MR) is 40.8 cm³/mol. The Balaban J connectivity index is 0. The first kappa shape index (κ1) is 12.3. The van der Waals surface area contributed by atoms with E-state index in [1.807, 2.05) is 6.92 Å². The summed E-state index contributed by atoms with van der Waals surface area (Å²) in [5.41, 5.74) is 7.47. The van der Waals surface area contributed by atoms with Gasteiger partial charge in [-0.3, -0.25) is 4.79 Å². The van der Waals surface area contributed by atoms with Gasteiger partial charge in [-0.05, 0) is 17.6 Å². The van der Waals surface area contributed by atoms with Crippen molar-refractivity contribution in [2.45, 2.75) is 27.2 Å². The Bertz CT molecular complexity index is 182. The van der Waals surface area contributed by atoms with Crippen LogP contribution in [0.4, 0.5) is 0 Å². The lowest BCUT2D eigenvalue weighted by atomic mass is 10.4. The SMILES string of the molecule is CC(=O)N=[N+]=[N-].CCC(C)=O. The third-order valence-electron chi connectivity index (χ3n) is 0.683. The zero-order chi connectivity index (χ0) is 9.28. The maximum atomic E-state index is 9.81. The number of carbonyl (C=O) groups is 2. The van der Waals surface area contributed by atoms with Crippen molar-refractivity contribution in [1.29, 1.82) is 0 Å². The number of hydrogen-bond donors (Lipinski definition) is 0. The van der Waals surface area contributed by atoms with Crippen molar-refractivity contribution < 1.29 is 9.59 Å². The highest BCUT2D eigenvalue weighted by molar-refractivity contribution is 5.74. The second-order valence-corrected chi connectivity index (χ2v) is 1.76. The van der Waals surface area contributed by atoms with Crippen molar-refractivity contribution in [3.8, 4) is 0 Å². The van der Waals surface area contributed by atoms with Crippen molar-refractivity contribution in [2.24, 2.45) is 5.11 Å². The van der Waals surface area contributed by atoms with Gasteiger partial charge in [0.25, 0.3) is 0 Å². The molecule has 0 aliphatic heterocycles. The molecule has 0 aromatic rings. The minimum absolute atomic E-state index is 0.255. The quantitative estimate of drug-likeness (QED) is 0.330. The van der Waals surface area contributed by atoms with Gasteiger partial charge in [-0.15, -0.1) is 0 Å². The van der Waals surface area contributed by atoms with Crippen LogP contribution < -0.4 is 0 Å². The summed E-state index contributed by atoms with van der Waals surface area (Å²) in [6.07, 6.45) is 0.667.